The van der Waals surface area contributed by atoms with Crippen LogP contribution in [0.3, 0.4) is 0 Å². The molecule has 0 aliphatic heterocycles. The van der Waals surface area contributed by atoms with Gasteiger partial charge in [-0.15, -0.1) is 0 Å². The molecule has 4 saturated carbocycles. The van der Waals surface area contributed by atoms with Crippen molar-refractivity contribution >= 4 is 5.78 Å². The number of hydrogen-bond donors (Lipinski definition) is 0. The third-order valence-corrected chi connectivity index (χ3v) is 11.2. The first-order valence-corrected chi connectivity index (χ1v) is 13.4. The standard InChI is InChI=1S/C29H48O/c1-7-21(19(2)3)9-8-20(4)25-12-13-26-24-11-10-22-18-23(30)14-16-28(22,5)27(24)15-17-29(25,26)6/h8-9,19-22,24-27H,7,10-18H2,1-6H3/b9-8-/t20-,21+,22+,24+,25-,26+,27+,28+,29-/m1/s1. The topological polar surface area (TPSA) is 17.1 Å². The van der Waals surface area contributed by atoms with Crippen LogP contribution in [0.1, 0.15) is 106 Å². The summed E-state index contributed by atoms with van der Waals surface area (Å²) in [6.45, 7) is 14.8. The Kier molecular flexibility index (Phi) is 6.33. The van der Waals surface area contributed by atoms with Crippen molar-refractivity contribution in [1.29, 1.82) is 0 Å². The fourth-order valence-corrected chi connectivity index (χ4v) is 9.23. The molecule has 0 unspecified atom stereocenters. The van der Waals surface area contributed by atoms with Gasteiger partial charge in [0.15, 0.2) is 0 Å². The number of rotatable bonds is 5. The van der Waals surface area contributed by atoms with Gasteiger partial charge in [-0.2, -0.15) is 0 Å². The molecular weight excluding hydrogens is 364 g/mol. The fraction of sp³-hybridized carbons (Fsp3) is 0.897. The van der Waals surface area contributed by atoms with Crippen molar-refractivity contribution in [2.24, 2.45) is 58.2 Å². The summed E-state index contributed by atoms with van der Waals surface area (Å²) in [4.78, 5) is 12.1. The number of fused-ring (bicyclic) bond motifs is 5. The van der Waals surface area contributed by atoms with Crippen LogP contribution in [0.25, 0.3) is 0 Å². The molecular formula is C29H48O. The van der Waals surface area contributed by atoms with Crippen LogP contribution in [0, 0.1) is 58.2 Å². The van der Waals surface area contributed by atoms with Crippen molar-refractivity contribution < 1.29 is 4.79 Å². The molecule has 0 N–H and O–H groups in total. The van der Waals surface area contributed by atoms with E-state index >= 15 is 0 Å². The minimum Gasteiger partial charge on any atom is -0.300 e. The fourth-order valence-electron chi connectivity index (χ4n) is 9.23. The Morgan fingerprint density at radius 1 is 0.933 bits per heavy atom. The predicted octanol–water partition coefficient (Wildman–Crippen LogP) is 8.09. The van der Waals surface area contributed by atoms with Crippen molar-refractivity contribution in [3.8, 4) is 0 Å². The van der Waals surface area contributed by atoms with Gasteiger partial charge < -0.3 is 0 Å². The highest BCUT2D eigenvalue weighted by atomic mass is 16.1. The van der Waals surface area contributed by atoms with Gasteiger partial charge in [-0.05, 0) is 110 Å². The molecule has 0 aromatic carbocycles. The summed E-state index contributed by atoms with van der Waals surface area (Å²) in [5, 5.41) is 0. The zero-order valence-corrected chi connectivity index (χ0v) is 20.8. The molecule has 4 rings (SSSR count). The molecule has 0 aromatic rings. The Labute approximate surface area is 186 Å². The largest absolute Gasteiger partial charge is 0.300 e. The van der Waals surface area contributed by atoms with E-state index in [1.54, 1.807) is 0 Å². The minimum absolute atomic E-state index is 0.452. The second-order valence-corrected chi connectivity index (χ2v) is 12.7. The van der Waals surface area contributed by atoms with Crippen LogP contribution in [-0.4, -0.2) is 5.78 Å². The average molecular weight is 413 g/mol. The highest BCUT2D eigenvalue weighted by Gasteiger charge is 2.60. The van der Waals surface area contributed by atoms with E-state index in [-0.39, 0.29) is 0 Å². The first kappa shape index (κ1) is 22.6. The maximum atomic E-state index is 12.1. The van der Waals surface area contributed by atoms with E-state index in [4.69, 9.17) is 0 Å². The number of hydrogen-bond acceptors (Lipinski definition) is 1. The molecule has 1 nitrogen and oxygen atoms in total. The van der Waals surface area contributed by atoms with Crippen molar-refractivity contribution in [3.05, 3.63) is 12.2 Å². The number of ketones is 1. The molecule has 4 fully saturated rings. The quantitative estimate of drug-likeness (QED) is 0.417. The van der Waals surface area contributed by atoms with Gasteiger partial charge in [-0.25, -0.2) is 0 Å². The second-order valence-electron chi connectivity index (χ2n) is 12.7. The van der Waals surface area contributed by atoms with Gasteiger partial charge >= 0.3 is 0 Å². The average Bonchev–Trinajstić information content (AvgIpc) is 3.06. The van der Waals surface area contributed by atoms with Crippen molar-refractivity contribution in [2.45, 2.75) is 106 Å². The molecule has 0 radical (unpaired) electrons. The molecule has 0 amide bonds. The van der Waals surface area contributed by atoms with Gasteiger partial charge in [0.05, 0.1) is 0 Å². The van der Waals surface area contributed by atoms with Gasteiger partial charge in [0.25, 0.3) is 0 Å². The number of Topliss-reactive ketones (excluding diaryl/α,β-unsaturated/α-hetero) is 1. The van der Waals surface area contributed by atoms with E-state index in [1.807, 2.05) is 0 Å². The third-order valence-electron chi connectivity index (χ3n) is 11.2. The lowest BCUT2D eigenvalue weighted by atomic mass is 9.44. The lowest BCUT2D eigenvalue weighted by Crippen LogP contribution is -2.53. The highest BCUT2D eigenvalue weighted by molar-refractivity contribution is 5.79. The zero-order chi connectivity index (χ0) is 21.7. The Morgan fingerprint density at radius 2 is 1.67 bits per heavy atom. The lowest BCUT2D eigenvalue weighted by molar-refractivity contribution is -0.140. The van der Waals surface area contributed by atoms with E-state index in [0.29, 0.717) is 28.4 Å². The molecule has 4 aliphatic rings. The predicted molar refractivity (Wildman–Crippen MR) is 127 cm³/mol. The van der Waals surface area contributed by atoms with E-state index in [0.717, 1.165) is 48.3 Å². The Morgan fingerprint density at radius 3 is 2.37 bits per heavy atom. The SMILES string of the molecule is CC[C@@H](/C=C\[C@@H](C)[C@H]1CC[C@H]2[C@@H]3CC[C@H]4CC(=O)CC[C@]4(C)[C@H]3CC[C@]12C)C(C)C. The number of carbonyl (C=O) groups is 1. The minimum atomic E-state index is 0.452. The Bertz CT molecular complexity index is 661. The van der Waals surface area contributed by atoms with Gasteiger partial charge in [0, 0.05) is 12.8 Å². The first-order chi connectivity index (χ1) is 14.2. The summed E-state index contributed by atoms with van der Waals surface area (Å²) in [6.07, 6.45) is 17.8. The summed E-state index contributed by atoms with van der Waals surface area (Å²) < 4.78 is 0. The summed E-state index contributed by atoms with van der Waals surface area (Å²) in [5.74, 6) is 7.04. The van der Waals surface area contributed by atoms with Gasteiger partial charge in [0.2, 0.25) is 0 Å². The second kappa shape index (κ2) is 8.40. The summed E-state index contributed by atoms with van der Waals surface area (Å²) >= 11 is 0. The molecule has 0 bridgehead atoms. The van der Waals surface area contributed by atoms with E-state index in [9.17, 15) is 4.79 Å². The molecule has 1 heteroatoms. The maximum absolute atomic E-state index is 12.1. The smallest absolute Gasteiger partial charge is 0.133 e. The summed E-state index contributed by atoms with van der Waals surface area (Å²) in [5.41, 5.74) is 0.992. The van der Waals surface area contributed by atoms with Crippen molar-refractivity contribution in [2.75, 3.05) is 0 Å². The molecule has 9 atom stereocenters. The highest BCUT2D eigenvalue weighted by Crippen LogP contribution is 2.68. The summed E-state index contributed by atoms with van der Waals surface area (Å²) in [6, 6.07) is 0. The normalized spacial score (nSPS) is 45.8. The monoisotopic (exact) mass is 412 g/mol. The Balaban J connectivity index is 1.50. The third kappa shape index (κ3) is 3.65. The molecule has 170 valence electrons. The van der Waals surface area contributed by atoms with E-state index in [2.05, 4.69) is 53.7 Å². The van der Waals surface area contributed by atoms with Crippen LogP contribution >= 0.6 is 0 Å². The molecule has 30 heavy (non-hydrogen) atoms. The van der Waals surface area contributed by atoms with E-state index in [1.165, 1.54) is 51.4 Å². The van der Waals surface area contributed by atoms with Gasteiger partial charge in [-0.3, -0.25) is 4.79 Å². The number of carbonyl (C=O) groups excluding carboxylic acids is 1. The van der Waals surface area contributed by atoms with Gasteiger partial charge in [-0.1, -0.05) is 53.7 Å². The van der Waals surface area contributed by atoms with Crippen molar-refractivity contribution in [3.63, 3.8) is 0 Å². The molecule has 4 aliphatic carbocycles. The zero-order valence-electron chi connectivity index (χ0n) is 20.8. The maximum Gasteiger partial charge on any atom is 0.133 e. The lowest BCUT2D eigenvalue weighted by Gasteiger charge is -2.60. The molecule has 0 heterocycles. The van der Waals surface area contributed by atoms with Crippen LogP contribution < -0.4 is 0 Å². The van der Waals surface area contributed by atoms with Crippen molar-refractivity contribution in [1.82, 2.24) is 0 Å². The molecule has 0 spiro atoms. The summed E-state index contributed by atoms with van der Waals surface area (Å²) in [7, 11) is 0. The van der Waals surface area contributed by atoms with Crippen LogP contribution in [0.15, 0.2) is 12.2 Å². The molecule has 0 saturated heterocycles. The van der Waals surface area contributed by atoms with Crippen LogP contribution in [0.4, 0.5) is 0 Å². The van der Waals surface area contributed by atoms with E-state index < -0.39 is 0 Å². The molecule has 0 aromatic heterocycles. The first-order valence-electron chi connectivity index (χ1n) is 13.4. The van der Waals surface area contributed by atoms with Crippen LogP contribution in [0.5, 0.6) is 0 Å². The Hall–Kier alpha value is -0.590. The van der Waals surface area contributed by atoms with Crippen LogP contribution in [-0.2, 0) is 4.79 Å². The van der Waals surface area contributed by atoms with Crippen LogP contribution in [0.2, 0.25) is 0 Å². The van der Waals surface area contributed by atoms with Gasteiger partial charge in [0.1, 0.15) is 5.78 Å². The number of allylic oxidation sites excluding steroid dienone is 2.